The van der Waals surface area contributed by atoms with Crippen LogP contribution in [0.5, 0.6) is 0 Å². The van der Waals surface area contributed by atoms with E-state index in [0.29, 0.717) is 0 Å². The topological polar surface area (TPSA) is 73.7 Å². The fourth-order valence-electron chi connectivity index (χ4n) is 2.38. The van der Waals surface area contributed by atoms with Gasteiger partial charge in [-0.15, -0.1) is 0 Å². The summed E-state index contributed by atoms with van der Waals surface area (Å²) < 4.78 is 3.96. The third kappa shape index (κ3) is 2.69. The Labute approximate surface area is 113 Å². The van der Waals surface area contributed by atoms with E-state index in [4.69, 9.17) is 5.84 Å². The summed E-state index contributed by atoms with van der Waals surface area (Å²) in [5, 5.41) is 4.47. The molecule has 1 atom stereocenters. The van der Waals surface area contributed by atoms with E-state index in [2.05, 4.69) is 33.9 Å². The van der Waals surface area contributed by atoms with Crippen LogP contribution in [0.15, 0.2) is 18.6 Å². The molecule has 0 aliphatic heterocycles. The molecule has 0 fully saturated rings. The Hall–Kier alpha value is -1.66. The first-order valence-electron chi connectivity index (χ1n) is 6.70. The van der Waals surface area contributed by atoms with Crippen LogP contribution in [0.3, 0.4) is 0 Å². The Balaban J connectivity index is 2.40. The number of hydrazine groups is 1. The largest absolute Gasteiger partial charge is 0.333 e. The van der Waals surface area contributed by atoms with Gasteiger partial charge in [-0.25, -0.2) is 10.4 Å². The molecule has 104 valence electrons. The third-order valence-electron chi connectivity index (χ3n) is 3.22. The van der Waals surface area contributed by atoms with Gasteiger partial charge in [-0.1, -0.05) is 13.8 Å². The highest BCUT2D eigenvalue weighted by molar-refractivity contribution is 5.27. The minimum atomic E-state index is -0.120. The van der Waals surface area contributed by atoms with Gasteiger partial charge in [-0.05, 0) is 12.8 Å². The molecule has 0 aliphatic rings. The average molecular weight is 262 g/mol. The van der Waals surface area contributed by atoms with Crippen LogP contribution in [0.4, 0.5) is 0 Å². The van der Waals surface area contributed by atoms with Gasteiger partial charge in [0.25, 0.3) is 0 Å². The average Bonchev–Trinajstić information content (AvgIpc) is 2.99. The van der Waals surface area contributed by atoms with E-state index in [1.807, 2.05) is 30.3 Å². The van der Waals surface area contributed by atoms with Crippen LogP contribution in [0, 0.1) is 0 Å². The first-order valence-corrected chi connectivity index (χ1v) is 6.70. The Morgan fingerprint density at radius 3 is 2.84 bits per heavy atom. The lowest BCUT2D eigenvalue weighted by Crippen LogP contribution is -2.31. The highest BCUT2D eigenvalue weighted by Gasteiger charge is 2.22. The number of imidazole rings is 1. The van der Waals surface area contributed by atoms with Crippen molar-refractivity contribution >= 4 is 0 Å². The summed E-state index contributed by atoms with van der Waals surface area (Å²) in [7, 11) is 1.93. The molecular weight excluding hydrogens is 240 g/mol. The van der Waals surface area contributed by atoms with Crippen LogP contribution >= 0.6 is 0 Å². The Morgan fingerprint density at radius 1 is 1.42 bits per heavy atom. The maximum Gasteiger partial charge on any atom is 0.131 e. The van der Waals surface area contributed by atoms with Crippen LogP contribution in [0.25, 0.3) is 0 Å². The lowest BCUT2D eigenvalue weighted by Gasteiger charge is -2.17. The molecule has 2 aromatic rings. The second kappa shape index (κ2) is 5.99. The van der Waals surface area contributed by atoms with E-state index < -0.39 is 0 Å². The summed E-state index contributed by atoms with van der Waals surface area (Å²) in [6.45, 7) is 5.18. The van der Waals surface area contributed by atoms with Crippen molar-refractivity contribution in [3.8, 4) is 0 Å². The summed E-state index contributed by atoms with van der Waals surface area (Å²) in [5.74, 6) is 6.69. The zero-order chi connectivity index (χ0) is 13.8. The number of hydrogen-bond donors (Lipinski definition) is 2. The molecule has 19 heavy (non-hydrogen) atoms. The lowest BCUT2D eigenvalue weighted by atomic mass is 10.1. The van der Waals surface area contributed by atoms with E-state index in [1.54, 1.807) is 0 Å². The molecule has 6 nitrogen and oxygen atoms in total. The molecular formula is C13H22N6. The zero-order valence-corrected chi connectivity index (χ0v) is 11.8. The van der Waals surface area contributed by atoms with Crippen molar-refractivity contribution in [1.29, 1.82) is 0 Å². The van der Waals surface area contributed by atoms with Gasteiger partial charge in [0.05, 0.1) is 5.69 Å². The van der Waals surface area contributed by atoms with Crippen LogP contribution in [-0.4, -0.2) is 19.3 Å². The van der Waals surface area contributed by atoms with Crippen molar-refractivity contribution < 1.29 is 0 Å². The van der Waals surface area contributed by atoms with Gasteiger partial charge < -0.3 is 4.57 Å². The van der Waals surface area contributed by atoms with E-state index in [9.17, 15) is 0 Å². The second-order valence-corrected chi connectivity index (χ2v) is 4.64. The van der Waals surface area contributed by atoms with Gasteiger partial charge in [0.2, 0.25) is 0 Å². The molecule has 0 saturated carbocycles. The summed E-state index contributed by atoms with van der Waals surface area (Å²) in [6, 6.07) is -0.120. The molecule has 0 aliphatic carbocycles. The molecule has 3 N–H and O–H groups in total. The minimum Gasteiger partial charge on any atom is -0.333 e. The molecule has 6 heteroatoms. The van der Waals surface area contributed by atoms with Crippen molar-refractivity contribution in [3.05, 3.63) is 35.7 Å². The molecule has 0 spiro atoms. The molecule has 0 aromatic carbocycles. The summed E-state index contributed by atoms with van der Waals surface area (Å²) in [6.07, 6.45) is 7.76. The number of aromatic nitrogens is 4. The molecule has 0 bridgehead atoms. The highest BCUT2D eigenvalue weighted by atomic mass is 15.3. The number of rotatable bonds is 6. The van der Waals surface area contributed by atoms with Gasteiger partial charge in [-0.2, -0.15) is 5.10 Å². The molecule has 0 amide bonds. The fraction of sp³-hybridized carbons (Fsp3) is 0.538. The first-order chi connectivity index (χ1) is 9.21. The van der Waals surface area contributed by atoms with Crippen molar-refractivity contribution in [2.75, 3.05) is 0 Å². The summed E-state index contributed by atoms with van der Waals surface area (Å²) in [4.78, 5) is 4.45. The monoisotopic (exact) mass is 262 g/mol. The van der Waals surface area contributed by atoms with Crippen molar-refractivity contribution in [3.63, 3.8) is 0 Å². The van der Waals surface area contributed by atoms with E-state index >= 15 is 0 Å². The molecule has 2 aromatic heterocycles. The predicted molar refractivity (Wildman–Crippen MR) is 74.3 cm³/mol. The Bertz CT molecular complexity index is 527. The number of hydrogen-bond acceptors (Lipinski definition) is 4. The molecule has 2 heterocycles. The molecule has 0 radical (unpaired) electrons. The highest BCUT2D eigenvalue weighted by Crippen LogP contribution is 2.23. The number of aryl methyl sites for hydroxylation is 3. The van der Waals surface area contributed by atoms with Crippen LogP contribution in [0.1, 0.15) is 43.4 Å². The SMILES string of the molecule is CCCn1ccnc1C(NN)c1cn(C)nc1CC. The standard InChI is InChI=1S/C13H22N6/c1-4-7-19-8-6-15-13(19)12(16-14)10-9-18(3)17-11(10)5-2/h6,8-9,12,16H,4-5,7,14H2,1-3H3. The molecule has 2 rings (SSSR count). The van der Waals surface area contributed by atoms with Gasteiger partial charge in [0, 0.05) is 37.7 Å². The van der Waals surface area contributed by atoms with Crippen molar-refractivity contribution in [1.82, 2.24) is 24.8 Å². The molecule has 1 unspecified atom stereocenters. The maximum absolute atomic E-state index is 5.75. The van der Waals surface area contributed by atoms with Crippen LogP contribution in [0.2, 0.25) is 0 Å². The number of nitrogens with zero attached hydrogens (tertiary/aromatic N) is 4. The van der Waals surface area contributed by atoms with Crippen molar-refractivity contribution in [2.24, 2.45) is 12.9 Å². The van der Waals surface area contributed by atoms with Gasteiger partial charge in [-0.3, -0.25) is 10.5 Å². The molecule has 0 saturated heterocycles. The van der Waals surface area contributed by atoms with Gasteiger partial charge in [0.1, 0.15) is 11.9 Å². The van der Waals surface area contributed by atoms with Gasteiger partial charge in [0.15, 0.2) is 0 Å². The minimum absolute atomic E-state index is 0.120. The predicted octanol–water partition coefficient (Wildman–Crippen LogP) is 1.14. The van der Waals surface area contributed by atoms with E-state index in [1.165, 1.54) is 0 Å². The normalized spacial score (nSPS) is 12.8. The summed E-state index contributed by atoms with van der Waals surface area (Å²) >= 11 is 0. The van der Waals surface area contributed by atoms with E-state index in [-0.39, 0.29) is 6.04 Å². The number of nitrogens with two attached hydrogens (primary N) is 1. The Morgan fingerprint density at radius 2 is 2.21 bits per heavy atom. The second-order valence-electron chi connectivity index (χ2n) is 4.64. The fourth-order valence-corrected chi connectivity index (χ4v) is 2.38. The van der Waals surface area contributed by atoms with Crippen LogP contribution < -0.4 is 11.3 Å². The maximum atomic E-state index is 5.75. The smallest absolute Gasteiger partial charge is 0.131 e. The van der Waals surface area contributed by atoms with Gasteiger partial charge >= 0.3 is 0 Å². The zero-order valence-electron chi connectivity index (χ0n) is 11.8. The van der Waals surface area contributed by atoms with Crippen LogP contribution in [-0.2, 0) is 20.0 Å². The summed E-state index contributed by atoms with van der Waals surface area (Å²) in [5.41, 5.74) is 5.02. The first kappa shape index (κ1) is 13.8. The van der Waals surface area contributed by atoms with Crippen molar-refractivity contribution in [2.45, 2.75) is 39.3 Å². The number of nitrogens with one attached hydrogen (secondary N) is 1. The lowest BCUT2D eigenvalue weighted by molar-refractivity contribution is 0.542. The quantitative estimate of drug-likeness (QED) is 0.605. The Kier molecular flexibility index (Phi) is 4.34. The third-order valence-corrected chi connectivity index (χ3v) is 3.22. The van der Waals surface area contributed by atoms with E-state index in [0.717, 1.165) is 36.5 Å².